The molecule has 0 unspecified atom stereocenters. The van der Waals surface area contributed by atoms with Crippen LogP contribution in [0.4, 0.5) is 11.4 Å². The number of non-ortho nitro benzene ring substituents is 1. The van der Waals surface area contributed by atoms with Gasteiger partial charge in [0.2, 0.25) is 0 Å². The molecule has 138 valence electrons. The van der Waals surface area contributed by atoms with E-state index in [0.717, 1.165) is 17.5 Å². The highest BCUT2D eigenvalue weighted by atomic mass is 16.6. The van der Waals surface area contributed by atoms with Gasteiger partial charge in [-0.2, -0.15) is 0 Å². The molecule has 1 heterocycles. The van der Waals surface area contributed by atoms with Crippen molar-refractivity contribution < 1.29 is 9.72 Å². The van der Waals surface area contributed by atoms with Gasteiger partial charge in [-0.3, -0.25) is 19.9 Å². The average Bonchev–Trinajstić information content (AvgIpc) is 2.59. The van der Waals surface area contributed by atoms with Crippen molar-refractivity contribution in [1.29, 1.82) is 0 Å². The Hall–Kier alpha value is -2.11. The highest BCUT2D eigenvalue weighted by Crippen LogP contribution is 2.57. The zero-order valence-electron chi connectivity index (χ0n) is 15.3. The molecule has 4 bridgehead atoms. The summed E-state index contributed by atoms with van der Waals surface area (Å²) >= 11 is 0. The van der Waals surface area contributed by atoms with Crippen LogP contribution in [-0.2, 0) is 4.79 Å². The Labute approximate surface area is 153 Å². The Bertz CT molecular complexity index is 745. The molecule has 4 aliphatic carbocycles. The van der Waals surface area contributed by atoms with Crippen LogP contribution in [0.25, 0.3) is 0 Å². The Morgan fingerprint density at radius 1 is 1.00 bits per heavy atom. The van der Waals surface area contributed by atoms with E-state index in [4.69, 9.17) is 0 Å². The molecular weight excluding hydrogens is 330 g/mol. The van der Waals surface area contributed by atoms with Crippen molar-refractivity contribution in [3.05, 3.63) is 34.4 Å². The standard InChI is InChI=1S/C20H25N3O3/c1-20(2)19(24)21(22(20)16-3-5-17(6-4-16)23(25)26)18-14-8-12-7-13(10-14)11-15(18)9-12/h3-6,12-15,18H,7-11H2,1-2H3. The Morgan fingerprint density at radius 2 is 1.54 bits per heavy atom. The van der Waals surface area contributed by atoms with Gasteiger partial charge in [0.25, 0.3) is 11.6 Å². The van der Waals surface area contributed by atoms with Crippen LogP contribution in [0.5, 0.6) is 0 Å². The smallest absolute Gasteiger partial charge is 0.269 e. The van der Waals surface area contributed by atoms with E-state index in [9.17, 15) is 14.9 Å². The maximum atomic E-state index is 13.0. The number of hydrazine groups is 1. The number of carbonyl (C=O) groups excluding carboxylic acids is 1. The number of nitrogens with zero attached hydrogens (tertiary/aromatic N) is 3. The van der Waals surface area contributed by atoms with Gasteiger partial charge < -0.3 is 0 Å². The van der Waals surface area contributed by atoms with Gasteiger partial charge in [0.1, 0.15) is 5.54 Å². The van der Waals surface area contributed by atoms with Gasteiger partial charge in [0.05, 0.1) is 16.7 Å². The first kappa shape index (κ1) is 16.1. The van der Waals surface area contributed by atoms with E-state index in [1.54, 1.807) is 12.1 Å². The first-order chi connectivity index (χ1) is 12.4. The number of hydrogen-bond acceptors (Lipinski definition) is 4. The summed E-state index contributed by atoms with van der Waals surface area (Å²) in [4.78, 5) is 23.6. The van der Waals surface area contributed by atoms with Gasteiger partial charge in [0.15, 0.2) is 0 Å². The summed E-state index contributed by atoms with van der Waals surface area (Å²) in [6.45, 7) is 3.90. The molecule has 1 aromatic rings. The van der Waals surface area contributed by atoms with Crippen LogP contribution in [0.1, 0.15) is 46.0 Å². The molecule has 26 heavy (non-hydrogen) atoms. The fraction of sp³-hybridized carbons (Fsp3) is 0.650. The van der Waals surface area contributed by atoms with Crippen LogP contribution >= 0.6 is 0 Å². The monoisotopic (exact) mass is 355 g/mol. The first-order valence-electron chi connectivity index (χ1n) is 9.74. The molecule has 1 amide bonds. The maximum absolute atomic E-state index is 13.0. The topological polar surface area (TPSA) is 66.7 Å². The number of rotatable bonds is 3. The SMILES string of the molecule is CC1(C)C(=O)N(C2C3CC4CC(C3)CC2C4)N1c1ccc([N+](=O)[O-])cc1. The molecular formula is C20H25N3O3. The fourth-order valence-corrected chi connectivity index (χ4v) is 6.41. The lowest BCUT2D eigenvalue weighted by atomic mass is 9.53. The number of benzene rings is 1. The lowest BCUT2D eigenvalue weighted by Crippen LogP contribution is -2.80. The normalized spacial score (nSPS) is 37.0. The summed E-state index contributed by atoms with van der Waals surface area (Å²) in [6.07, 6.45) is 6.43. The molecule has 0 radical (unpaired) electrons. The predicted octanol–water partition coefficient (Wildman–Crippen LogP) is 3.76. The number of amides is 1. The average molecular weight is 355 g/mol. The molecule has 6 rings (SSSR count). The summed E-state index contributed by atoms with van der Waals surface area (Å²) in [5, 5.41) is 15.0. The third-order valence-corrected chi connectivity index (χ3v) is 7.24. The Kier molecular flexibility index (Phi) is 3.22. The van der Waals surface area contributed by atoms with E-state index in [1.165, 1.54) is 44.2 Å². The van der Waals surface area contributed by atoms with E-state index in [2.05, 4.69) is 5.01 Å². The van der Waals surface area contributed by atoms with Gasteiger partial charge in [-0.15, -0.1) is 0 Å². The highest BCUT2D eigenvalue weighted by molar-refractivity contribution is 5.98. The molecule has 0 atom stereocenters. The van der Waals surface area contributed by atoms with E-state index in [1.807, 2.05) is 18.9 Å². The molecule has 0 aromatic heterocycles. The molecule has 6 heteroatoms. The molecule has 1 aliphatic heterocycles. The van der Waals surface area contributed by atoms with Crippen LogP contribution in [-0.4, -0.2) is 27.4 Å². The van der Waals surface area contributed by atoms with Gasteiger partial charge in [-0.25, -0.2) is 5.01 Å². The van der Waals surface area contributed by atoms with Crippen molar-refractivity contribution in [3.63, 3.8) is 0 Å². The molecule has 5 fully saturated rings. The van der Waals surface area contributed by atoms with Crippen LogP contribution in [0.2, 0.25) is 0 Å². The third kappa shape index (κ3) is 2.07. The minimum absolute atomic E-state index is 0.0829. The van der Waals surface area contributed by atoms with E-state index >= 15 is 0 Å². The maximum Gasteiger partial charge on any atom is 0.269 e. The van der Waals surface area contributed by atoms with Crippen LogP contribution in [0, 0.1) is 33.8 Å². The fourth-order valence-electron chi connectivity index (χ4n) is 6.41. The molecule has 1 saturated heterocycles. The van der Waals surface area contributed by atoms with E-state index in [0.29, 0.717) is 17.9 Å². The largest absolute Gasteiger partial charge is 0.270 e. The van der Waals surface area contributed by atoms with Crippen molar-refractivity contribution in [3.8, 4) is 0 Å². The summed E-state index contributed by atoms with van der Waals surface area (Å²) < 4.78 is 0. The van der Waals surface area contributed by atoms with E-state index < -0.39 is 5.54 Å². The van der Waals surface area contributed by atoms with Crippen LogP contribution in [0.15, 0.2) is 24.3 Å². The third-order valence-electron chi connectivity index (χ3n) is 7.24. The number of anilines is 1. The lowest BCUT2D eigenvalue weighted by Gasteiger charge is -2.65. The van der Waals surface area contributed by atoms with Crippen LogP contribution < -0.4 is 5.01 Å². The van der Waals surface area contributed by atoms with Gasteiger partial charge in [0, 0.05) is 12.1 Å². The zero-order valence-corrected chi connectivity index (χ0v) is 15.3. The Balaban J connectivity index is 1.48. The lowest BCUT2D eigenvalue weighted by molar-refractivity contribution is -0.384. The Morgan fingerprint density at radius 3 is 2.04 bits per heavy atom. The molecule has 0 N–H and O–H groups in total. The number of nitro groups is 1. The molecule has 6 nitrogen and oxygen atoms in total. The zero-order chi connectivity index (χ0) is 18.2. The second-order valence-corrected chi connectivity index (χ2v) is 9.22. The minimum atomic E-state index is -0.592. The molecule has 0 spiro atoms. The van der Waals surface area contributed by atoms with Gasteiger partial charge in [-0.1, -0.05) is 0 Å². The van der Waals surface area contributed by atoms with Gasteiger partial charge >= 0.3 is 0 Å². The summed E-state index contributed by atoms with van der Waals surface area (Å²) in [5.41, 5.74) is 0.360. The molecule has 1 aromatic carbocycles. The van der Waals surface area contributed by atoms with Gasteiger partial charge in [-0.05, 0) is 81.8 Å². The predicted molar refractivity (Wildman–Crippen MR) is 97.3 cm³/mol. The summed E-state index contributed by atoms with van der Waals surface area (Å²) in [6, 6.07) is 6.91. The molecule has 5 aliphatic rings. The second kappa shape index (κ2) is 5.21. The quantitative estimate of drug-likeness (QED) is 0.611. The summed E-state index contributed by atoms with van der Waals surface area (Å²) in [5.74, 6) is 3.16. The molecule has 4 saturated carbocycles. The first-order valence-corrected chi connectivity index (χ1v) is 9.74. The van der Waals surface area contributed by atoms with Crippen molar-refractivity contribution in [2.75, 3.05) is 5.01 Å². The second-order valence-electron chi connectivity index (χ2n) is 9.22. The minimum Gasteiger partial charge on any atom is -0.270 e. The van der Waals surface area contributed by atoms with Crippen molar-refractivity contribution >= 4 is 17.3 Å². The highest BCUT2D eigenvalue weighted by Gasteiger charge is 2.61. The summed E-state index contributed by atoms with van der Waals surface area (Å²) in [7, 11) is 0. The van der Waals surface area contributed by atoms with E-state index in [-0.39, 0.29) is 16.5 Å². The number of carbonyl (C=O) groups is 1. The van der Waals surface area contributed by atoms with Crippen LogP contribution in [0.3, 0.4) is 0 Å². The van der Waals surface area contributed by atoms with Crippen molar-refractivity contribution in [2.45, 2.75) is 57.5 Å². The number of nitro benzene ring substituents is 1. The van der Waals surface area contributed by atoms with Crippen molar-refractivity contribution in [1.82, 2.24) is 5.01 Å². The number of hydrogen-bond donors (Lipinski definition) is 0. The van der Waals surface area contributed by atoms with Crippen molar-refractivity contribution in [2.24, 2.45) is 23.7 Å².